The molecule has 0 fully saturated rings. The first kappa shape index (κ1) is 36.3. The van der Waals surface area contributed by atoms with Crippen molar-refractivity contribution in [2.24, 2.45) is 5.92 Å². The number of thiol groups is 4. The predicted molar refractivity (Wildman–Crippen MR) is 157 cm³/mol. The van der Waals surface area contributed by atoms with E-state index in [0.29, 0.717) is 74.4 Å². The number of unbranched alkanes of at least 4 members (excludes halogenated alkanes) is 4. The Morgan fingerprint density at radius 3 is 1.11 bits per heavy atom. The molecule has 0 aliphatic carbocycles. The molecular weight excluding hydrogens is 557 g/mol. The maximum Gasteiger partial charge on any atom is 0.463 e. The average molecular weight is 601 g/mol. The van der Waals surface area contributed by atoms with Gasteiger partial charge in [0.05, 0.1) is 0 Å². The number of esters is 4. The van der Waals surface area contributed by atoms with E-state index in [4.69, 9.17) is 18.9 Å². The third kappa shape index (κ3) is 16.8. The topological polar surface area (TPSA) is 105 Å². The van der Waals surface area contributed by atoms with Crippen molar-refractivity contribution in [3.63, 3.8) is 0 Å². The first-order valence-electron chi connectivity index (χ1n) is 12.9. The molecule has 0 rings (SSSR count). The van der Waals surface area contributed by atoms with Gasteiger partial charge in [-0.1, -0.05) is 13.8 Å². The predicted octanol–water partition coefficient (Wildman–Crippen LogP) is 5.24. The standard InChI is InChI=1S/C25H44O8S4/c1-19(2)24(30-20(26)11-3-7-15-34)25(31-21(27)12-4-8-16-35,32-22(28)13-5-9-17-36)33-23(29)14-6-10-18-37/h19,24,34-37H,3-18H2,1-2H3. The second-order valence-electron chi connectivity index (χ2n) is 8.90. The number of carbonyl (C=O) groups excluding carboxylic acids is 4. The van der Waals surface area contributed by atoms with Crippen LogP contribution in [-0.4, -0.2) is 59.0 Å². The Balaban J connectivity index is 6.20. The van der Waals surface area contributed by atoms with Crippen molar-refractivity contribution in [2.45, 2.75) is 103 Å². The summed E-state index contributed by atoms with van der Waals surface area (Å²) in [6.45, 7) is 3.39. The molecule has 0 heterocycles. The molecule has 0 aromatic heterocycles. The Morgan fingerprint density at radius 1 is 0.541 bits per heavy atom. The lowest BCUT2D eigenvalue weighted by atomic mass is 10.0. The Bertz CT molecular complexity index is 615. The van der Waals surface area contributed by atoms with Gasteiger partial charge in [-0.3, -0.25) is 19.2 Å². The van der Waals surface area contributed by atoms with Crippen LogP contribution in [0.4, 0.5) is 0 Å². The minimum absolute atomic E-state index is 0.0164. The fourth-order valence-electron chi connectivity index (χ4n) is 3.21. The van der Waals surface area contributed by atoms with Gasteiger partial charge in [0, 0.05) is 31.6 Å². The molecule has 12 heteroatoms. The van der Waals surface area contributed by atoms with Crippen LogP contribution in [0.15, 0.2) is 0 Å². The maximum atomic E-state index is 12.8. The number of ether oxygens (including phenoxy) is 4. The zero-order valence-corrected chi connectivity index (χ0v) is 25.6. The summed E-state index contributed by atoms with van der Waals surface area (Å²) in [4.78, 5) is 51.2. The maximum absolute atomic E-state index is 12.8. The molecule has 0 aromatic rings. The van der Waals surface area contributed by atoms with E-state index in [1.165, 1.54) is 0 Å². The van der Waals surface area contributed by atoms with E-state index in [1.54, 1.807) is 13.8 Å². The van der Waals surface area contributed by atoms with Gasteiger partial charge in [-0.15, -0.1) is 0 Å². The lowest BCUT2D eigenvalue weighted by Crippen LogP contribution is -2.57. The largest absolute Gasteiger partial charge is 0.463 e. The summed E-state index contributed by atoms with van der Waals surface area (Å²) in [5.74, 6) is -3.54. The molecule has 0 aliphatic heterocycles. The molecule has 0 N–H and O–H groups in total. The highest BCUT2D eigenvalue weighted by Gasteiger charge is 2.55. The quantitative estimate of drug-likeness (QED) is 0.0579. The van der Waals surface area contributed by atoms with Crippen LogP contribution in [0.3, 0.4) is 0 Å². The van der Waals surface area contributed by atoms with Crippen LogP contribution in [-0.2, 0) is 38.1 Å². The minimum atomic E-state index is -2.54. The molecule has 0 bridgehead atoms. The number of hydrogen-bond acceptors (Lipinski definition) is 12. The van der Waals surface area contributed by atoms with E-state index in [9.17, 15) is 19.2 Å². The first-order chi connectivity index (χ1) is 17.6. The van der Waals surface area contributed by atoms with Crippen LogP contribution in [0, 0.1) is 5.92 Å². The lowest BCUT2D eigenvalue weighted by Gasteiger charge is -2.38. The molecule has 0 aromatic carbocycles. The highest BCUT2D eigenvalue weighted by atomic mass is 32.1. The second kappa shape index (κ2) is 22.1. The van der Waals surface area contributed by atoms with Crippen LogP contribution in [0.2, 0.25) is 0 Å². The lowest BCUT2D eigenvalue weighted by molar-refractivity contribution is -0.369. The first-order valence-corrected chi connectivity index (χ1v) is 15.5. The van der Waals surface area contributed by atoms with Gasteiger partial charge in [-0.25, -0.2) is 0 Å². The van der Waals surface area contributed by atoms with Gasteiger partial charge < -0.3 is 18.9 Å². The number of hydrogen-bond donors (Lipinski definition) is 4. The molecule has 0 aliphatic rings. The Labute approximate surface area is 243 Å². The fourth-order valence-corrected chi connectivity index (χ4v) is 4.10. The van der Waals surface area contributed by atoms with Crippen molar-refractivity contribution >= 4 is 74.4 Å². The van der Waals surface area contributed by atoms with Crippen LogP contribution in [0.5, 0.6) is 0 Å². The van der Waals surface area contributed by atoms with E-state index in [2.05, 4.69) is 50.5 Å². The molecule has 1 unspecified atom stereocenters. The van der Waals surface area contributed by atoms with E-state index < -0.39 is 41.9 Å². The van der Waals surface area contributed by atoms with E-state index >= 15 is 0 Å². The SMILES string of the molecule is CC(C)C(OC(=O)CCCCS)C(OC(=O)CCCCS)(OC(=O)CCCCS)OC(=O)CCCCS. The van der Waals surface area contributed by atoms with Crippen LogP contribution in [0.25, 0.3) is 0 Å². The molecule has 216 valence electrons. The molecule has 0 spiro atoms. The number of carbonyl (C=O) groups is 4. The molecule has 0 radical (unpaired) electrons. The molecule has 0 amide bonds. The van der Waals surface area contributed by atoms with Gasteiger partial charge in [0.15, 0.2) is 0 Å². The third-order valence-electron chi connectivity index (χ3n) is 5.14. The zero-order chi connectivity index (χ0) is 28.1. The summed E-state index contributed by atoms with van der Waals surface area (Å²) in [6, 6.07) is 0. The van der Waals surface area contributed by atoms with Gasteiger partial charge in [-0.05, 0) is 74.4 Å². The highest BCUT2D eigenvalue weighted by molar-refractivity contribution is 7.80. The normalized spacial score (nSPS) is 12.2. The third-order valence-corrected chi connectivity index (χ3v) is 6.40. The van der Waals surface area contributed by atoms with Gasteiger partial charge >= 0.3 is 29.9 Å². The smallest absolute Gasteiger partial charge is 0.449 e. The van der Waals surface area contributed by atoms with E-state index in [0.717, 1.165) is 0 Å². The van der Waals surface area contributed by atoms with Crippen molar-refractivity contribution in [3.8, 4) is 0 Å². The summed E-state index contributed by atoms with van der Waals surface area (Å²) < 4.78 is 22.5. The van der Waals surface area contributed by atoms with Gasteiger partial charge in [-0.2, -0.15) is 50.5 Å². The molecule has 0 saturated heterocycles. The Hall–Kier alpha value is -0.720. The van der Waals surface area contributed by atoms with Crippen molar-refractivity contribution < 1.29 is 38.1 Å². The summed E-state index contributed by atoms with van der Waals surface area (Å²) in [5, 5.41) is 0. The van der Waals surface area contributed by atoms with Crippen molar-refractivity contribution in [1.82, 2.24) is 0 Å². The molecular formula is C25H44O8S4. The summed E-state index contributed by atoms with van der Waals surface area (Å²) >= 11 is 16.6. The van der Waals surface area contributed by atoms with Gasteiger partial charge in [0.1, 0.15) is 0 Å². The van der Waals surface area contributed by atoms with Crippen molar-refractivity contribution in [1.29, 1.82) is 0 Å². The monoisotopic (exact) mass is 600 g/mol. The molecule has 37 heavy (non-hydrogen) atoms. The van der Waals surface area contributed by atoms with Gasteiger partial charge in [0.25, 0.3) is 0 Å². The zero-order valence-electron chi connectivity index (χ0n) is 22.0. The van der Waals surface area contributed by atoms with E-state index in [1.807, 2.05) is 0 Å². The van der Waals surface area contributed by atoms with Crippen LogP contribution >= 0.6 is 50.5 Å². The molecule has 1 atom stereocenters. The summed E-state index contributed by atoms with van der Waals surface area (Å²) in [5.41, 5.74) is 0. The van der Waals surface area contributed by atoms with Crippen LogP contribution in [0.1, 0.15) is 90.9 Å². The second-order valence-corrected chi connectivity index (χ2v) is 10.7. The highest BCUT2D eigenvalue weighted by Crippen LogP contribution is 2.32. The minimum Gasteiger partial charge on any atom is -0.449 e. The molecule has 8 nitrogen and oxygen atoms in total. The van der Waals surface area contributed by atoms with Crippen molar-refractivity contribution in [2.75, 3.05) is 23.0 Å². The summed E-state index contributed by atoms with van der Waals surface area (Å²) in [7, 11) is 0. The van der Waals surface area contributed by atoms with Gasteiger partial charge in [0.2, 0.25) is 6.10 Å². The van der Waals surface area contributed by atoms with E-state index in [-0.39, 0.29) is 25.7 Å². The van der Waals surface area contributed by atoms with Crippen LogP contribution < -0.4 is 0 Å². The number of rotatable bonds is 22. The Kier molecular flexibility index (Phi) is 21.7. The average Bonchev–Trinajstić information content (AvgIpc) is 2.82. The molecule has 0 saturated carbocycles. The fraction of sp³-hybridized carbons (Fsp3) is 0.840. The van der Waals surface area contributed by atoms with Crippen molar-refractivity contribution in [3.05, 3.63) is 0 Å². The Morgan fingerprint density at radius 2 is 0.838 bits per heavy atom. The summed E-state index contributed by atoms with van der Waals surface area (Å²) in [6.07, 6.45) is 3.30.